The number of aliphatic carboxylic acids is 1. The predicted molar refractivity (Wildman–Crippen MR) is 63.4 cm³/mol. The van der Waals surface area contributed by atoms with E-state index < -0.39 is 11.8 Å². The maximum absolute atomic E-state index is 13.4. The van der Waals surface area contributed by atoms with E-state index in [1.165, 1.54) is 19.2 Å². The highest BCUT2D eigenvalue weighted by molar-refractivity contribution is 5.96. The van der Waals surface area contributed by atoms with Crippen LogP contribution in [0.15, 0.2) is 18.2 Å². The van der Waals surface area contributed by atoms with Gasteiger partial charge in [0.1, 0.15) is 0 Å². The molecule has 0 heterocycles. The third-order valence-electron chi connectivity index (χ3n) is 2.52. The number of halogens is 1. The molecule has 98 valence electrons. The number of carboxylic acids is 1. The standard InChI is InChI=1S/C13H15FO4/c1-18-12-7-6-9(8-10(12)14)11(15)4-2-3-5-13(16)17/h6-8H,2-5H2,1H3,(H,16,17). The van der Waals surface area contributed by atoms with E-state index in [4.69, 9.17) is 9.84 Å². The summed E-state index contributed by atoms with van der Waals surface area (Å²) in [5, 5.41) is 8.44. The van der Waals surface area contributed by atoms with E-state index in [0.717, 1.165) is 6.07 Å². The molecule has 1 N–H and O–H groups in total. The van der Waals surface area contributed by atoms with Crippen molar-refractivity contribution in [3.05, 3.63) is 29.6 Å². The Morgan fingerprint density at radius 2 is 1.94 bits per heavy atom. The number of unbranched alkanes of at least 4 members (excludes halogenated alkanes) is 1. The van der Waals surface area contributed by atoms with Gasteiger partial charge in [-0.2, -0.15) is 0 Å². The number of hydrogen-bond donors (Lipinski definition) is 1. The monoisotopic (exact) mass is 254 g/mol. The Morgan fingerprint density at radius 3 is 2.50 bits per heavy atom. The van der Waals surface area contributed by atoms with E-state index in [2.05, 4.69) is 0 Å². The Balaban J connectivity index is 2.51. The topological polar surface area (TPSA) is 63.6 Å². The fourth-order valence-corrected chi connectivity index (χ4v) is 1.55. The van der Waals surface area contributed by atoms with Crippen LogP contribution in [0.4, 0.5) is 4.39 Å². The van der Waals surface area contributed by atoms with Gasteiger partial charge in [-0.15, -0.1) is 0 Å². The summed E-state index contributed by atoms with van der Waals surface area (Å²) < 4.78 is 18.1. The van der Waals surface area contributed by atoms with Gasteiger partial charge < -0.3 is 9.84 Å². The molecule has 1 rings (SSSR count). The van der Waals surface area contributed by atoms with Crippen LogP contribution < -0.4 is 4.74 Å². The van der Waals surface area contributed by atoms with Crippen LogP contribution in [0.5, 0.6) is 5.75 Å². The molecule has 18 heavy (non-hydrogen) atoms. The van der Waals surface area contributed by atoms with E-state index >= 15 is 0 Å². The summed E-state index contributed by atoms with van der Waals surface area (Å²) in [5.74, 6) is -1.55. The molecule has 0 radical (unpaired) electrons. The Kier molecular flexibility index (Phi) is 5.30. The SMILES string of the molecule is COc1ccc(C(=O)CCCCC(=O)O)cc1F. The van der Waals surface area contributed by atoms with Crippen LogP contribution in [0.1, 0.15) is 36.0 Å². The summed E-state index contributed by atoms with van der Waals surface area (Å²) in [6, 6.07) is 4.04. The lowest BCUT2D eigenvalue weighted by molar-refractivity contribution is -0.137. The lowest BCUT2D eigenvalue weighted by Gasteiger charge is -2.04. The van der Waals surface area contributed by atoms with Gasteiger partial charge in [0.05, 0.1) is 7.11 Å². The average molecular weight is 254 g/mol. The molecule has 0 saturated heterocycles. The summed E-state index contributed by atoms with van der Waals surface area (Å²) in [5.41, 5.74) is 0.281. The molecule has 0 fully saturated rings. The lowest BCUT2D eigenvalue weighted by Crippen LogP contribution is -2.01. The van der Waals surface area contributed by atoms with Gasteiger partial charge >= 0.3 is 5.97 Å². The summed E-state index contributed by atoms with van der Waals surface area (Å²) in [7, 11) is 1.35. The summed E-state index contributed by atoms with van der Waals surface area (Å²) in [6.45, 7) is 0. The van der Waals surface area contributed by atoms with Crippen molar-refractivity contribution in [3.8, 4) is 5.75 Å². The van der Waals surface area contributed by atoms with Crippen molar-refractivity contribution in [2.24, 2.45) is 0 Å². The van der Waals surface area contributed by atoms with Crippen molar-refractivity contribution in [2.75, 3.05) is 7.11 Å². The maximum Gasteiger partial charge on any atom is 0.303 e. The molecule has 0 bridgehead atoms. The second kappa shape index (κ2) is 6.74. The zero-order chi connectivity index (χ0) is 13.5. The highest BCUT2D eigenvalue weighted by Crippen LogP contribution is 2.19. The number of carbonyl (C=O) groups excluding carboxylic acids is 1. The van der Waals surface area contributed by atoms with Gasteiger partial charge in [0.15, 0.2) is 17.3 Å². The highest BCUT2D eigenvalue weighted by Gasteiger charge is 2.10. The predicted octanol–water partition coefficient (Wildman–Crippen LogP) is 2.66. The molecule has 0 aliphatic carbocycles. The molecule has 4 nitrogen and oxygen atoms in total. The first-order valence-electron chi connectivity index (χ1n) is 5.63. The molecule has 5 heteroatoms. The van der Waals surface area contributed by atoms with Crippen molar-refractivity contribution in [3.63, 3.8) is 0 Å². The van der Waals surface area contributed by atoms with E-state index in [9.17, 15) is 14.0 Å². The smallest absolute Gasteiger partial charge is 0.303 e. The molecule has 0 unspecified atom stereocenters. The maximum atomic E-state index is 13.4. The van der Waals surface area contributed by atoms with E-state index in [1.54, 1.807) is 0 Å². The molecule has 1 aromatic rings. The molecule has 0 aromatic heterocycles. The van der Waals surface area contributed by atoms with Gasteiger partial charge in [0.2, 0.25) is 0 Å². The van der Waals surface area contributed by atoms with Crippen LogP contribution in [0, 0.1) is 5.82 Å². The van der Waals surface area contributed by atoms with E-state index in [-0.39, 0.29) is 29.9 Å². The van der Waals surface area contributed by atoms with Crippen molar-refractivity contribution in [2.45, 2.75) is 25.7 Å². The molecule has 0 atom stereocenters. The number of benzene rings is 1. The second-order valence-electron chi connectivity index (χ2n) is 3.87. The van der Waals surface area contributed by atoms with Crippen LogP contribution in [0.3, 0.4) is 0 Å². The number of Topliss-reactive ketones (excluding diaryl/α,β-unsaturated/α-hetero) is 1. The Morgan fingerprint density at radius 1 is 1.28 bits per heavy atom. The average Bonchev–Trinajstić information content (AvgIpc) is 2.34. The number of ketones is 1. The first kappa shape index (κ1) is 14.2. The fraction of sp³-hybridized carbons (Fsp3) is 0.385. The number of ether oxygens (including phenoxy) is 1. The van der Waals surface area contributed by atoms with Crippen molar-refractivity contribution < 1.29 is 23.8 Å². The van der Waals surface area contributed by atoms with Crippen LogP contribution in [0.25, 0.3) is 0 Å². The first-order valence-corrected chi connectivity index (χ1v) is 5.63. The van der Waals surface area contributed by atoms with Gasteiger partial charge in [-0.1, -0.05) is 0 Å². The number of rotatable bonds is 7. The van der Waals surface area contributed by atoms with Gasteiger partial charge in [-0.3, -0.25) is 9.59 Å². The number of carboxylic acid groups (broad SMARTS) is 1. The zero-order valence-electron chi connectivity index (χ0n) is 10.1. The number of carbonyl (C=O) groups is 2. The second-order valence-corrected chi connectivity index (χ2v) is 3.87. The lowest BCUT2D eigenvalue weighted by atomic mass is 10.0. The molecule has 0 spiro atoms. The van der Waals surface area contributed by atoms with Gasteiger partial charge in [-0.25, -0.2) is 4.39 Å². The Hall–Kier alpha value is -1.91. The summed E-state index contributed by atoms with van der Waals surface area (Å²) in [4.78, 5) is 22.0. The van der Waals surface area contributed by atoms with Crippen molar-refractivity contribution in [1.29, 1.82) is 0 Å². The van der Waals surface area contributed by atoms with Crippen LogP contribution >= 0.6 is 0 Å². The van der Waals surface area contributed by atoms with Crippen LogP contribution in [-0.2, 0) is 4.79 Å². The summed E-state index contributed by atoms with van der Waals surface area (Å²) in [6.07, 6.45) is 1.20. The van der Waals surface area contributed by atoms with Crippen molar-refractivity contribution >= 4 is 11.8 Å². The summed E-state index contributed by atoms with van der Waals surface area (Å²) >= 11 is 0. The first-order chi connectivity index (χ1) is 8.54. The minimum Gasteiger partial charge on any atom is -0.494 e. The molecular formula is C13H15FO4. The van der Waals surface area contributed by atoms with E-state index in [1.807, 2.05) is 0 Å². The third-order valence-corrected chi connectivity index (χ3v) is 2.52. The Labute approximate surface area is 104 Å². The Bertz CT molecular complexity index is 443. The minimum atomic E-state index is -0.877. The van der Waals surface area contributed by atoms with Gasteiger partial charge in [-0.05, 0) is 31.0 Å². The number of methoxy groups -OCH3 is 1. The molecule has 0 saturated carbocycles. The third kappa shape index (κ3) is 4.16. The van der Waals surface area contributed by atoms with Gasteiger partial charge in [0.25, 0.3) is 0 Å². The van der Waals surface area contributed by atoms with Gasteiger partial charge in [0, 0.05) is 18.4 Å². The number of hydrogen-bond acceptors (Lipinski definition) is 3. The molecular weight excluding hydrogens is 239 g/mol. The normalized spacial score (nSPS) is 10.1. The quantitative estimate of drug-likeness (QED) is 0.600. The van der Waals surface area contributed by atoms with Crippen LogP contribution in [-0.4, -0.2) is 24.0 Å². The molecule has 0 amide bonds. The largest absolute Gasteiger partial charge is 0.494 e. The molecule has 0 aliphatic heterocycles. The van der Waals surface area contributed by atoms with Crippen molar-refractivity contribution in [1.82, 2.24) is 0 Å². The van der Waals surface area contributed by atoms with Crippen LogP contribution in [0.2, 0.25) is 0 Å². The zero-order valence-corrected chi connectivity index (χ0v) is 10.1. The highest BCUT2D eigenvalue weighted by atomic mass is 19.1. The fourth-order valence-electron chi connectivity index (χ4n) is 1.55. The molecule has 0 aliphatic rings. The van der Waals surface area contributed by atoms with E-state index in [0.29, 0.717) is 12.8 Å². The molecule has 1 aromatic carbocycles. The minimum absolute atomic E-state index is 0.0459.